The number of fused-ring (bicyclic) bond motifs is 1. The molecule has 1 spiro atoms. The van der Waals surface area contributed by atoms with Crippen molar-refractivity contribution in [3.05, 3.63) is 18.0 Å². The molecular weight excluding hydrogens is 266 g/mol. The molecular formula is C15H21N5O. The average molecular weight is 287 g/mol. The monoisotopic (exact) mass is 287 g/mol. The minimum atomic E-state index is 0.129. The number of anilines is 1. The van der Waals surface area contributed by atoms with E-state index in [-0.39, 0.29) is 5.60 Å². The van der Waals surface area contributed by atoms with E-state index in [9.17, 15) is 0 Å². The summed E-state index contributed by atoms with van der Waals surface area (Å²) in [6.07, 6.45) is 7.14. The minimum absolute atomic E-state index is 0.129. The highest BCUT2D eigenvalue weighted by atomic mass is 16.5. The number of nitrogens with zero attached hydrogens (tertiary/aromatic N) is 4. The number of aromatic nitrogens is 4. The number of rotatable bonds is 2. The van der Waals surface area contributed by atoms with E-state index in [0.717, 1.165) is 36.7 Å². The second-order valence-corrected chi connectivity index (χ2v) is 6.30. The molecule has 0 aromatic carbocycles. The maximum Gasteiger partial charge on any atom is 0.176 e. The summed E-state index contributed by atoms with van der Waals surface area (Å²) in [6.45, 7) is 2.73. The van der Waals surface area contributed by atoms with Crippen molar-refractivity contribution >= 4 is 11.5 Å². The van der Waals surface area contributed by atoms with Crippen LogP contribution in [-0.4, -0.2) is 38.1 Å². The zero-order valence-electron chi connectivity index (χ0n) is 12.4. The fourth-order valence-corrected chi connectivity index (χ4v) is 3.69. The highest BCUT2D eigenvalue weighted by Crippen LogP contribution is 2.40. The second kappa shape index (κ2) is 4.94. The van der Waals surface area contributed by atoms with E-state index in [1.807, 2.05) is 19.1 Å². The SMILES string of the molecule is Cc1nc2ccc(N[C@H]3CCOC4(CCCC4)C3)nn2n1. The summed E-state index contributed by atoms with van der Waals surface area (Å²) in [7, 11) is 0. The normalized spacial score (nSPS) is 24.7. The van der Waals surface area contributed by atoms with Gasteiger partial charge in [0, 0.05) is 12.6 Å². The first-order valence-corrected chi connectivity index (χ1v) is 7.84. The van der Waals surface area contributed by atoms with Gasteiger partial charge < -0.3 is 10.1 Å². The van der Waals surface area contributed by atoms with Crippen LogP contribution in [0.3, 0.4) is 0 Å². The first kappa shape index (κ1) is 13.0. The van der Waals surface area contributed by atoms with Gasteiger partial charge in [0.2, 0.25) is 0 Å². The van der Waals surface area contributed by atoms with Crippen molar-refractivity contribution in [3.63, 3.8) is 0 Å². The smallest absolute Gasteiger partial charge is 0.176 e. The molecule has 1 aliphatic carbocycles. The zero-order valence-corrected chi connectivity index (χ0v) is 12.4. The molecule has 1 atom stereocenters. The predicted octanol–water partition coefficient (Wildman–Crippen LogP) is 2.34. The Morgan fingerprint density at radius 1 is 1.29 bits per heavy atom. The van der Waals surface area contributed by atoms with Crippen LogP contribution < -0.4 is 5.32 Å². The molecule has 1 aliphatic heterocycles. The lowest BCUT2D eigenvalue weighted by molar-refractivity contribution is -0.0767. The molecule has 2 fully saturated rings. The van der Waals surface area contributed by atoms with Crippen molar-refractivity contribution in [2.24, 2.45) is 0 Å². The zero-order chi connectivity index (χ0) is 14.3. The highest BCUT2D eigenvalue weighted by molar-refractivity contribution is 5.44. The van der Waals surface area contributed by atoms with E-state index in [0.29, 0.717) is 6.04 Å². The van der Waals surface area contributed by atoms with Gasteiger partial charge in [-0.25, -0.2) is 4.98 Å². The molecule has 0 unspecified atom stereocenters. The third-order valence-corrected chi connectivity index (χ3v) is 4.67. The first-order chi connectivity index (χ1) is 10.2. The minimum Gasteiger partial charge on any atom is -0.375 e. The van der Waals surface area contributed by atoms with Gasteiger partial charge >= 0.3 is 0 Å². The van der Waals surface area contributed by atoms with E-state index in [1.54, 1.807) is 4.63 Å². The summed E-state index contributed by atoms with van der Waals surface area (Å²) in [5.74, 6) is 1.61. The molecule has 0 radical (unpaired) electrons. The Morgan fingerprint density at radius 2 is 2.14 bits per heavy atom. The number of ether oxygens (including phenoxy) is 1. The Balaban J connectivity index is 1.51. The Bertz CT molecular complexity index is 647. The van der Waals surface area contributed by atoms with E-state index in [2.05, 4.69) is 20.5 Å². The van der Waals surface area contributed by atoms with Gasteiger partial charge in [-0.05, 0) is 44.7 Å². The largest absolute Gasteiger partial charge is 0.375 e. The Kier molecular flexibility index (Phi) is 3.06. The number of aryl methyl sites for hydroxylation is 1. The summed E-state index contributed by atoms with van der Waals surface area (Å²) in [5, 5.41) is 12.3. The van der Waals surface area contributed by atoms with Crippen LogP contribution in [0.5, 0.6) is 0 Å². The third kappa shape index (κ3) is 2.48. The standard InChI is InChI=1S/C15H21N5O/c1-11-16-14-5-4-13(19-20(14)18-11)17-12-6-9-21-15(10-12)7-2-3-8-15/h4-5,12H,2-3,6-10H2,1H3,(H,17,19)/t12-/m0/s1. The van der Waals surface area contributed by atoms with Crippen LogP contribution in [0.4, 0.5) is 5.82 Å². The van der Waals surface area contributed by atoms with Gasteiger partial charge in [-0.3, -0.25) is 0 Å². The van der Waals surface area contributed by atoms with Gasteiger partial charge in [-0.2, -0.15) is 0 Å². The molecule has 2 aromatic rings. The van der Waals surface area contributed by atoms with Gasteiger partial charge in [-0.15, -0.1) is 14.8 Å². The summed E-state index contributed by atoms with van der Waals surface area (Å²) >= 11 is 0. The van der Waals surface area contributed by atoms with E-state index in [1.165, 1.54) is 25.7 Å². The molecule has 1 N–H and O–H groups in total. The van der Waals surface area contributed by atoms with Crippen molar-refractivity contribution in [1.29, 1.82) is 0 Å². The van der Waals surface area contributed by atoms with Gasteiger partial charge in [0.1, 0.15) is 11.6 Å². The topological polar surface area (TPSA) is 64.3 Å². The maximum atomic E-state index is 6.08. The molecule has 2 aromatic heterocycles. The Labute approximate surface area is 123 Å². The molecule has 1 saturated heterocycles. The molecule has 112 valence electrons. The molecule has 4 rings (SSSR count). The molecule has 6 heteroatoms. The first-order valence-electron chi connectivity index (χ1n) is 7.84. The van der Waals surface area contributed by atoms with E-state index in [4.69, 9.17) is 4.74 Å². The van der Waals surface area contributed by atoms with Crippen LogP contribution in [-0.2, 0) is 4.74 Å². The molecule has 6 nitrogen and oxygen atoms in total. The lowest BCUT2D eigenvalue weighted by Gasteiger charge is -2.38. The van der Waals surface area contributed by atoms with Crippen molar-refractivity contribution in [2.75, 3.05) is 11.9 Å². The number of nitrogens with one attached hydrogen (secondary N) is 1. The average Bonchev–Trinajstić information content (AvgIpc) is 3.04. The quantitative estimate of drug-likeness (QED) is 0.918. The summed E-state index contributed by atoms with van der Waals surface area (Å²) in [5.41, 5.74) is 0.918. The molecule has 3 heterocycles. The molecule has 0 bridgehead atoms. The lowest BCUT2D eigenvalue weighted by Crippen LogP contribution is -2.42. The van der Waals surface area contributed by atoms with E-state index < -0.39 is 0 Å². The number of hydrogen-bond donors (Lipinski definition) is 1. The Morgan fingerprint density at radius 3 is 3.00 bits per heavy atom. The van der Waals surface area contributed by atoms with Crippen molar-refractivity contribution in [2.45, 2.75) is 57.1 Å². The van der Waals surface area contributed by atoms with Crippen LogP contribution in [0.25, 0.3) is 5.65 Å². The van der Waals surface area contributed by atoms with Gasteiger partial charge in [-0.1, -0.05) is 12.8 Å². The van der Waals surface area contributed by atoms with Crippen LogP contribution >= 0.6 is 0 Å². The lowest BCUT2D eigenvalue weighted by atomic mass is 9.89. The fraction of sp³-hybridized carbons (Fsp3) is 0.667. The van der Waals surface area contributed by atoms with Crippen LogP contribution in [0.1, 0.15) is 44.3 Å². The summed E-state index contributed by atoms with van der Waals surface area (Å²) in [6, 6.07) is 4.38. The van der Waals surface area contributed by atoms with Crippen molar-refractivity contribution in [1.82, 2.24) is 19.8 Å². The summed E-state index contributed by atoms with van der Waals surface area (Å²) in [4.78, 5) is 4.30. The Hall–Kier alpha value is -1.69. The van der Waals surface area contributed by atoms with Gasteiger partial charge in [0.05, 0.1) is 5.60 Å². The molecule has 1 saturated carbocycles. The van der Waals surface area contributed by atoms with Crippen LogP contribution in [0, 0.1) is 6.92 Å². The van der Waals surface area contributed by atoms with Crippen LogP contribution in [0.2, 0.25) is 0 Å². The van der Waals surface area contributed by atoms with Crippen molar-refractivity contribution in [3.8, 4) is 0 Å². The highest BCUT2D eigenvalue weighted by Gasteiger charge is 2.39. The van der Waals surface area contributed by atoms with E-state index >= 15 is 0 Å². The van der Waals surface area contributed by atoms with Gasteiger partial charge in [0.25, 0.3) is 0 Å². The molecule has 0 amide bonds. The van der Waals surface area contributed by atoms with Crippen molar-refractivity contribution < 1.29 is 4.74 Å². The fourth-order valence-electron chi connectivity index (χ4n) is 3.69. The number of hydrogen-bond acceptors (Lipinski definition) is 5. The van der Waals surface area contributed by atoms with Crippen LogP contribution in [0.15, 0.2) is 12.1 Å². The second-order valence-electron chi connectivity index (χ2n) is 6.30. The summed E-state index contributed by atoms with van der Waals surface area (Å²) < 4.78 is 7.68. The third-order valence-electron chi connectivity index (χ3n) is 4.67. The molecule has 21 heavy (non-hydrogen) atoms. The maximum absolute atomic E-state index is 6.08. The van der Waals surface area contributed by atoms with Gasteiger partial charge in [0.15, 0.2) is 5.65 Å². The molecule has 2 aliphatic rings. The predicted molar refractivity (Wildman–Crippen MR) is 79.3 cm³/mol.